The number of sulfonamides is 1. The summed E-state index contributed by atoms with van der Waals surface area (Å²) in [7, 11) is -1.85. The lowest BCUT2D eigenvalue weighted by molar-refractivity contribution is -0.120. The van der Waals surface area contributed by atoms with Crippen LogP contribution in [0.5, 0.6) is 0 Å². The number of carbonyl (C=O) groups is 1. The molecule has 1 aromatic carbocycles. The van der Waals surface area contributed by atoms with Crippen LogP contribution in [0, 0.1) is 5.92 Å². The molecule has 1 saturated heterocycles. The van der Waals surface area contributed by atoms with Gasteiger partial charge in [-0.1, -0.05) is 12.1 Å². The molecule has 4 rings (SSSR count). The molecule has 8 heteroatoms. The molecule has 2 heterocycles. The second-order valence-corrected chi connectivity index (χ2v) is 9.58. The van der Waals surface area contributed by atoms with Gasteiger partial charge >= 0.3 is 0 Å². The number of piperidine rings is 1. The number of fused-ring (bicyclic) bond motifs is 1. The van der Waals surface area contributed by atoms with Crippen molar-refractivity contribution in [3.63, 3.8) is 0 Å². The first-order valence-corrected chi connectivity index (χ1v) is 11.3. The molecule has 28 heavy (non-hydrogen) atoms. The number of carbonyl (C=O) groups excluding carboxylic acids is 1. The minimum absolute atomic E-state index is 0.00569. The number of benzene rings is 1. The normalized spacial score (nSPS) is 18.6. The van der Waals surface area contributed by atoms with E-state index >= 15 is 0 Å². The highest BCUT2D eigenvalue weighted by Gasteiger charge is 2.33. The van der Waals surface area contributed by atoms with Crippen LogP contribution in [0.3, 0.4) is 0 Å². The molecule has 2 aliphatic rings. The van der Waals surface area contributed by atoms with Gasteiger partial charge in [-0.2, -0.15) is 4.31 Å². The lowest BCUT2D eigenvalue weighted by Crippen LogP contribution is -2.41. The first kappa shape index (κ1) is 19.1. The number of aromatic nitrogens is 2. The van der Waals surface area contributed by atoms with E-state index in [1.807, 2.05) is 12.1 Å². The van der Waals surface area contributed by atoms with E-state index < -0.39 is 10.0 Å². The van der Waals surface area contributed by atoms with Crippen LogP contribution in [0.1, 0.15) is 36.8 Å². The van der Waals surface area contributed by atoms with Gasteiger partial charge in [0.1, 0.15) is 0 Å². The van der Waals surface area contributed by atoms with Crippen molar-refractivity contribution < 1.29 is 13.2 Å². The van der Waals surface area contributed by atoms with E-state index in [9.17, 15) is 13.2 Å². The molecule has 0 atom stereocenters. The van der Waals surface area contributed by atoms with Gasteiger partial charge < -0.3 is 9.88 Å². The van der Waals surface area contributed by atoms with E-state index in [1.54, 1.807) is 11.6 Å². The Bertz CT molecular complexity index is 975. The fraction of sp³-hybridized carbons (Fsp3) is 0.500. The Hall–Kier alpha value is -2.19. The Morgan fingerprint density at radius 3 is 2.64 bits per heavy atom. The van der Waals surface area contributed by atoms with Gasteiger partial charge in [-0.25, -0.2) is 13.4 Å². The van der Waals surface area contributed by atoms with Crippen molar-refractivity contribution in [1.82, 2.24) is 13.9 Å². The summed E-state index contributed by atoms with van der Waals surface area (Å²) in [6.07, 6.45) is 8.47. The van der Waals surface area contributed by atoms with Crippen molar-refractivity contribution in [3.8, 4) is 0 Å². The van der Waals surface area contributed by atoms with E-state index in [-0.39, 0.29) is 16.9 Å². The number of nitrogens with one attached hydrogen (secondary N) is 1. The highest BCUT2D eigenvalue weighted by atomic mass is 32.2. The van der Waals surface area contributed by atoms with E-state index in [4.69, 9.17) is 0 Å². The summed E-state index contributed by atoms with van der Waals surface area (Å²) < 4.78 is 28.4. The third-order valence-electron chi connectivity index (χ3n) is 5.76. The number of hydrogen-bond donors (Lipinski definition) is 1. The Kier molecular flexibility index (Phi) is 5.25. The lowest BCUT2D eigenvalue weighted by atomic mass is 9.90. The van der Waals surface area contributed by atoms with Crippen LogP contribution in [0.4, 0.5) is 5.69 Å². The molecule has 7 nitrogen and oxygen atoms in total. The van der Waals surface area contributed by atoms with Crippen LogP contribution in [0.25, 0.3) is 0 Å². The Balaban J connectivity index is 1.40. The van der Waals surface area contributed by atoms with Crippen LogP contribution in [0.15, 0.2) is 35.7 Å². The fourth-order valence-electron chi connectivity index (χ4n) is 4.15. The van der Waals surface area contributed by atoms with Gasteiger partial charge in [-0.3, -0.25) is 4.79 Å². The number of anilines is 1. The van der Waals surface area contributed by atoms with E-state index in [1.165, 1.54) is 34.4 Å². The molecule has 2 aromatic rings. The highest BCUT2D eigenvalue weighted by Crippen LogP contribution is 2.29. The number of aryl methyl sites for hydroxylation is 2. The topological polar surface area (TPSA) is 84.3 Å². The predicted molar refractivity (Wildman–Crippen MR) is 106 cm³/mol. The average molecular weight is 403 g/mol. The van der Waals surface area contributed by atoms with Gasteiger partial charge in [0.15, 0.2) is 5.03 Å². The second-order valence-electron chi connectivity index (χ2n) is 7.70. The number of imidazole rings is 1. The predicted octanol–water partition coefficient (Wildman–Crippen LogP) is 2.34. The number of nitrogens with zero attached hydrogens (tertiary/aromatic N) is 3. The zero-order valence-corrected chi connectivity index (χ0v) is 16.9. The zero-order valence-electron chi connectivity index (χ0n) is 16.1. The summed E-state index contributed by atoms with van der Waals surface area (Å²) in [5, 5.41) is 3.17. The first-order chi connectivity index (χ1) is 13.4. The van der Waals surface area contributed by atoms with Gasteiger partial charge in [0.2, 0.25) is 5.91 Å². The standard InChI is InChI=1S/C20H26N4O3S/c1-23-13-19(21-14-23)28(26,27)24-11-9-16(10-12-24)20(25)22-18-8-4-6-15-5-2-3-7-17(15)18/h4,6,8,13-14,16H,2-3,5,7,9-12H2,1H3,(H,22,25). The largest absolute Gasteiger partial charge is 0.339 e. The molecule has 1 aliphatic carbocycles. The van der Waals surface area contributed by atoms with Crippen LogP contribution in [-0.4, -0.2) is 41.3 Å². The molecule has 0 unspecified atom stereocenters. The minimum Gasteiger partial charge on any atom is -0.339 e. The molecule has 0 saturated carbocycles. The number of rotatable bonds is 4. The fourth-order valence-corrected chi connectivity index (χ4v) is 5.58. The molecule has 0 bridgehead atoms. The zero-order chi connectivity index (χ0) is 19.7. The Morgan fingerprint density at radius 2 is 1.93 bits per heavy atom. The molecule has 1 amide bonds. The van der Waals surface area contributed by atoms with Gasteiger partial charge in [0.25, 0.3) is 10.0 Å². The molecule has 0 spiro atoms. The second kappa shape index (κ2) is 7.67. The van der Waals surface area contributed by atoms with E-state index in [2.05, 4.69) is 16.4 Å². The summed E-state index contributed by atoms with van der Waals surface area (Å²) in [6, 6.07) is 6.12. The third kappa shape index (κ3) is 3.71. The monoisotopic (exact) mass is 402 g/mol. The molecular weight excluding hydrogens is 376 g/mol. The summed E-state index contributed by atoms with van der Waals surface area (Å²) >= 11 is 0. The molecule has 1 aliphatic heterocycles. The maximum atomic E-state index is 12.8. The molecule has 1 N–H and O–H groups in total. The maximum Gasteiger partial charge on any atom is 0.262 e. The summed E-state index contributed by atoms with van der Waals surface area (Å²) in [6.45, 7) is 0.674. The van der Waals surface area contributed by atoms with Crippen LogP contribution in [0.2, 0.25) is 0 Å². The van der Waals surface area contributed by atoms with Gasteiger partial charge in [0.05, 0.1) is 6.33 Å². The molecule has 1 aromatic heterocycles. The highest BCUT2D eigenvalue weighted by molar-refractivity contribution is 7.89. The maximum absolute atomic E-state index is 12.8. The van der Waals surface area contributed by atoms with Crippen molar-refractivity contribution in [3.05, 3.63) is 41.9 Å². The minimum atomic E-state index is -3.59. The number of amides is 1. The summed E-state index contributed by atoms with van der Waals surface area (Å²) in [4.78, 5) is 16.8. The van der Waals surface area contributed by atoms with Crippen molar-refractivity contribution in [2.24, 2.45) is 13.0 Å². The van der Waals surface area contributed by atoms with Crippen LogP contribution < -0.4 is 5.32 Å². The van der Waals surface area contributed by atoms with E-state index in [0.29, 0.717) is 25.9 Å². The molecule has 150 valence electrons. The molecule has 0 radical (unpaired) electrons. The van der Waals surface area contributed by atoms with Gasteiger partial charge in [-0.05, 0) is 55.7 Å². The van der Waals surface area contributed by atoms with Crippen LogP contribution >= 0.6 is 0 Å². The molecule has 1 fully saturated rings. The summed E-state index contributed by atoms with van der Waals surface area (Å²) in [5.74, 6) is -0.177. The van der Waals surface area contributed by atoms with Gasteiger partial charge in [0, 0.05) is 37.9 Å². The van der Waals surface area contributed by atoms with E-state index in [0.717, 1.165) is 24.9 Å². The quantitative estimate of drug-likeness (QED) is 0.851. The Labute approximate surface area is 165 Å². The smallest absolute Gasteiger partial charge is 0.262 e. The SMILES string of the molecule is Cn1cnc(S(=O)(=O)N2CCC(C(=O)Nc3cccc4c3CCCC4)CC2)c1. The summed E-state index contributed by atoms with van der Waals surface area (Å²) in [5.41, 5.74) is 3.52. The third-order valence-corrected chi connectivity index (χ3v) is 7.55. The van der Waals surface area contributed by atoms with Gasteiger partial charge in [-0.15, -0.1) is 0 Å². The lowest BCUT2D eigenvalue weighted by Gasteiger charge is -2.30. The molecular formula is C20H26N4O3S. The first-order valence-electron chi connectivity index (χ1n) is 9.85. The van der Waals surface area contributed by atoms with Crippen molar-refractivity contribution in [2.75, 3.05) is 18.4 Å². The van der Waals surface area contributed by atoms with Crippen molar-refractivity contribution in [1.29, 1.82) is 0 Å². The van der Waals surface area contributed by atoms with Crippen molar-refractivity contribution >= 4 is 21.6 Å². The Morgan fingerprint density at radius 1 is 1.18 bits per heavy atom. The van der Waals surface area contributed by atoms with Crippen molar-refractivity contribution in [2.45, 2.75) is 43.6 Å². The average Bonchev–Trinajstić information content (AvgIpc) is 3.15. The number of hydrogen-bond acceptors (Lipinski definition) is 4. The van der Waals surface area contributed by atoms with Crippen LogP contribution in [-0.2, 0) is 34.7 Å².